The van der Waals surface area contributed by atoms with E-state index in [0.717, 1.165) is 95.2 Å². The van der Waals surface area contributed by atoms with Gasteiger partial charge < -0.3 is 31.0 Å². The molecule has 5 N–H and O–H groups in total. The standard InChI is InChI=1S/C28H29F3N6O2S.C23H21F3N6S/c1-27(2,3)39-26(38)37-20(13-32)9-17-8-16(4-7-23(17)37)14-33-18-5-6-19(10-18)36-24-22-11-21(12-28(29,30)31)40-25(22)35-15-34-24;24-23(25,26)9-18-8-19-21(29-12-30-22(19)33-18)32-16-3-2-15(7-16)28-11-13-1-4-20-14(5-13)6-17(10-27)31-20/h4,7-9,11,15,18-19,33H,5-6,10,12,14H2,1-3H3,(H,34,35,36);1,4-6,8,12,15-16,28,31H,2-3,7,9,11H2,(H,29,30,32)/t18-,19-;15-,16-/m11/s1. The molecule has 14 nitrogen and oxygen atoms in total. The van der Waals surface area contributed by atoms with Crippen LogP contribution in [0.1, 0.15) is 91.6 Å². The number of carbonyl (C=O) groups excluding carboxylic acids is 1. The van der Waals surface area contributed by atoms with Crippen molar-refractivity contribution in [2.45, 2.75) is 127 Å². The number of fused-ring (bicyclic) bond motifs is 4. The van der Waals surface area contributed by atoms with E-state index in [1.807, 2.05) is 36.4 Å². The smallest absolute Gasteiger partial charge is 0.420 e. The number of rotatable bonds is 12. The van der Waals surface area contributed by atoms with Crippen molar-refractivity contribution < 1.29 is 35.9 Å². The molecular weight excluding hydrogens is 991 g/mol. The molecule has 0 saturated heterocycles. The zero-order valence-electron chi connectivity index (χ0n) is 39.8. The average Bonchev–Trinajstić information content (AvgIpc) is 4.19. The first kappa shape index (κ1) is 51.1. The van der Waals surface area contributed by atoms with Gasteiger partial charge in [0.2, 0.25) is 0 Å². The third kappa shape index (κ3) is 12.9. The van der Waals surface area contributed by atoms with Crippen molar-refractivity contribution in [2.75, 3.05) is 10.6 Å². The number of hydrogen-bond donors (Lipinski definition) is 5. The highest BCUT2D eigenvalue weighted by molar-refractivity contribution is 7.19. The quantitative estimate of drug-likeness (QED) is 0.0728. The molecule has 8 aromatic rings. The molecule has 0 unspecified atom stereocenters. The Labute approximate surface area is 423 Å². The molecule has 6 heterocycles. The molecule has 4 atom stereocenters. The molecule has 0 bridgehead atoms. The molecule has 2 aliphatic carbocycles. The molecule has 2 aliphatic rings. The zero-order chi connectivity index (χ0) is 51.7. The Bertz CT molecular complexity index is 3380. The van der Waals surface area contributed by atoms with Gasteiger partial charge in [0, 0.05) is 63.3 Å². The Balaban J connectivity index is 0.000000183. The maximum atomic E-state index is 12.8. The number of halogens is 6. The van der Waals surface area contributed by atoms with E-state index in [9.17, 15) is 36.4 Å². The highest BCUT2D eigenvalue weighted by Crippen LogP contribution is 2.36. The minimum absolute atomic E-state index is 0.130. The van der Waals surface area contributed by atoms with Crippen LogP contribution < -0.4 is 21.3 Å². The molecule has 10 rings (SSSR count). The number of thiophene rings is 2. The lowest BCUT2D eigenvalue weighted by Crippen LogP contribution is -2.28. The van der Waals surface area contributed by atoms with Crippen molar-refractivity contribution in [3.63, 3.8) is 0 Å². The molecule has 6 aromatic heterocycles. The summed E-state index contributed by atoms with van der Waals surface area (Å²) < 4.78 is 83.6. The van der Waals surface area contributed by atoms with E-state index in [1.165, 1.54) is 23.3 Å². The molecule has 0 amide bonds. The Morgan fingerprint density at radius 2 is 1.22 bits per heavy atom. The summed E-state index contributed by atoms with van der Waals surface area (Å²) in [5.74, 6) is 1.16. The number of benzene rings is 2. The predicted octanol–water partition coefficient (Wildman–Crippen LogP) is 11.8. The van der Waals surface area contributed by atoms with Crippen LogP contribution in [-0.2, 0) is 30.7 Å². The summed E-state index contributed by atoms with van der Waals surface area (Å²) in [5, 5.41) is 35.7. The molecular formula is C51H50F6N12O2S2. The Kier molecular flexibility index (Phi) is 14.6. The maximum Gasteiger partial charge on any atom is 0.420 e. The number of aromatic amines is 1. The number of alkyl halides is 6. The number of anilines is 2. The summed E-state index contributed by atoms with van der Waals surface area (Å²) in [4.78, 5) is 34.2. The van der Waals surface area contributed by atoms with E-state index in [4.69, 9.17) is 10.00 Å². The molecule has 2 fully saturated rings. The number of ether oxygens (including phenoxy) is 1. The van der Waals surface area contributed by atoms with Crippen molar-refractivity contribution in [2.24, 2.45) is 0 Å². The van der Waals surface area contributed by atoms with E-state index in [0.29, 0.717) is 55.9 Å². The van der Waals surface area contributed by atoms with Gasteiger partial charge in [-0.1, -0.05) is 12.1 Å². The van der Waals surface area contributed by atoms with Gasteiger partial charge in [0.15, 0.2) is 0 Å². The SMILES string of the molecule is CC(C)(C)OC(=O)n1c(C#N)cc2cc(CN[C@@H]3CC[C@@H](Nc4ncnc5sc(CC(F)(F)F)cc45)C3)ccc21.N#Cc1cc2cc(CN[C@@H]3CC[C@@H](Nc4ncnc5sc(CC(F)(F)F)cc45)C3)ccc2[nH]1. The maximum absolute atomic E-state index is 12.8. The minimum Gasteiger partial charge on any atom is -0.443 e. The van der Waals surface area contributed by atoms with Crippen molar-refractivity contribution >= 4 is 82.6 Å². The van der Waals surface area contributed by atoms with E-state index < -0.39 is 36.9 Å². The summed E-state index contributed by atoms with van der Waals surface area (Å²) in [5.41, 5.74) is 3.81. The molecule has 73 heavy (non-hydrogen) atoms. The van der Waals surface area contributed by atoms with Crippen LogP contribution in [0.25, 0.3) is 42.2 Å². The number of aromatic nitrogens is 6. The highest BCUT2D eigenvalue weighted by Gasteiger charge is 2.32. The van der Waals surface area contributed by atoms with Crippen LogP contribution >= 0.6 is 22.7 Å². The summed E-state index contributed by atoms with van der Waals surface area (Å²) >= 11 is 2.10. The van der Waals surface area contributed by atoms with Crippen LogP contribution in [0.15, 0.2) is 73.3 Å². The first-order valence-electron chi connectivity index (χ1n) is 23.6. The zero-order valence-corrected chi connectivity index (χ0v) is 41.5. The Hall–Kier alpha value is -6.85. The lowest BCUT2D eigenvalue weighted by atomic mass is 10.1. The van der Waals surface area contributed by atoms with Crippen molar-refractivity contribution in [1.82, 2.24) is 40.1 Å². The molecule has 2 aromatic carbocycles. The fraction of sp³-hybridized carbons (Fsp3) is 0.392. The number of nitrogens with one attached hydrogen (secondary N) is 5. The molecule has 0 spiro atoms. The van der Waals surface area contributed by atoms with Gasteiger partial charge in [0.05, 0.1) is 29.1 Å². The van der Waals surface area contributed by atoms with Gasteiger partial charge in [-0.15, -0.1) is 22.7 Å². The fourth-order valence-corrected chi connectivity index (χ4v) is 11.5. The average molecular weight is 1040 g/mol. The summed E-state index contributed by atoms with van der Waals surface area (Å²) in [7, 11) is 0. The van der Waals surface area contributed by atoms with Crippen LogP contribution in [0, 0.1) is 22.7 Å². The van der Waals surface area contributed by atoms with Gasteiger partial charge in [0.25, 0.3) is 0 Å². The van der Waals surface area contributed by atoms with Gasteiger partial charge in [0.1, 0.15) is 63.1 Å². The largest absolute Gasteiger partial charge is 0.443 e. The third-order valence-corrected chi connectivity index (χ3v) is 14.7. The van der Waals surface area contributed by atoms with E-state index in [1.54, 1.807) is 32.9 Å². The molecule has 2 saturated carbocycles. The van der Waals surface area contributed by atoms with Gasteiger partial charge in [-0.25, -0.2) is 29.3 Å². The van der Waals surface area contributed by atoms with E-state index in [-0.39, 0.29) is 33.6 Å². The summed E-state index contributed by atoms with van der Waals surface area (Å²) in [6.45, 7) is 6.67. The lowest BCUT2D eigenvalue weighted by Gasteiger charge is -2.20. The van der Waals surface area contributed by atoms with Gasteiger partial charge in [-0.3, -0.25) is 0 Å². The first-order valence-corrected chi connectivity index (χ1v) is 25.3. The minimum atomic E-state index is -4.27. The monoisotopic (exact) mass is 1040 g/mol. The topological polar surface area (TPSA) is 194 Å². The molecule has 380 valence electrons. The number of hydrogen-bond acceptors (Lipinski definition) is 14. The van der Waals surface area contributed by atoms with Gasteiger partial charge in [-0.2, -0.15) is 36.9 Å². The highest BCUT2D eigenvalue weighted by atomic mass is 32.1. The van der Waals surface area contributed by atoms with Crippen molar-refractivity contribution in [1.29, 1.82) is 10.5 Å². The van der Waals surface area contributed by atoms with Crippen LogP contribution in [0.3, 0.4) is 0 Å². The van der Waals surface area contributed by atoms with Crippen LogP contribution in [0.4, 0.5) is 42.8 Å². The summed E-state index contributed by atoms with van der Waals surface area (Å²) in [6.07, 6.45) is -2.72. The number of nitrogens with zero attached hydrogens (tertiary/aromatic N) is 7. The first-order chi connectivity index (χ1) is 34.7. The van der Waals surface area contributed by atoms with Gasteiger partial charge >= 0.3 is 18.4 Å². The van der Waals surface area contributed by atoms with Crippen LogP contribution in [0.2, 0.25) is 0 Å². The normalized spacial score (nSPS) is 18.2. The number of H-pyrrole nitrogens is 1. The summed E-state index contributed by atoms with van der Waals surface area (Å²) in [6, 6.07) is 23.5. The Morgan fingerprint density at radius 3 is 1.73 bits per heavy atom. The van der Waals surface area contributed by atoms with Gasteiger partial charge in [-0.05, 0) is 119 Å². The molecule has 22 heteroatoms. The van der Waals surface area contributed by atoms with Crippen molar-refractivity contribution in [3.05, 3.63) is 106 Å². The Morgan fingerprint density at radius 1 is 0.699 bits per heavy atom. The molecule has 0 radical (unpaired) electrons. The number of carbonyl (C=O) groups is 1. The fourth-order valence-electron chi connectivity index (χ4n) is 9.43. The second-order valence-electron chi connectivity index (χ2n) is 19.4. The van der Waals surface area contributed by atoms with Crippen LogP contribution in [-0.4, -0.2) is 77.7 Å². The number of nitriles is 2. The predicted molar refractivity (Wildman–Crippen MR) is 269 cm³/mol. The molecule has 0 aliphatic heterocycles. The van der Waals surface area contributed by atoms with Crippen LogP contribution in [0.5, 0.6) is 0 Å². The van der Waals surface area contributed by atoms with E-state index in [2.05, 4.69) is 64.4 Å². The second kappa shape index (κ2) is 20.9. The second-order valence-corrected chi connectivity index (χ2v) is 21.7. The van der Waals surface area contributed by atoms with Crippen molar-refractivity contribution in [3.8, 4) is 12.1 Å². The van der Waals surface area contributed by atoms with E-state index >= 15 is 0 Å². The lowest BCUT2D eigenvalue weighted by molar-refractivity contribution is -0.127. The third-order valence-electron chi connectivity index (χ3n) is 12.6.